The molecule has 1 aromatic heterocycles. The molecule has 6 heteroatoms. The smallest absolute Gasteiger partial charge is 0.320 e. The number of nitrogens with zero attached hydrogens (tertiary/aromatic N) is 4. The molecule has 0 bridgehead atoms. The van der Waals surface area contributed by atoms with Crippen LogP contribution in [0.1, 0.15) is 29.5 Å². The monoisotopic (exact) mass is 332 g/mol. The van der Waals surface area contributed by atoms with Gasteiger partial charge >= 0.3 is 6.03 Å². The fourth-order valence-corrected chi connectivity index (χ4v) is 3.39. The van der Waals surface area contributed by atoms with E-state index in [0.29, 0.717) is 13.2 Å². The van der Waals surface area contributed by atoms with Gasteiger partial charge in [-0.15, -0.1) is 0 Å². The third-order valence-corrected chi connectivity index (χ3v) is 4.82. The minimum Gasteiger partial charge on any atom is -0.375 e. The van der Waals surface area contributed by atoms with Gasteiger partial charge in [-0.3, -0.25) is 4.98 Å². The van der Waals surface area contributed by atoms with Crippen molar-refractivity contribution < 1.29 is 9.53 Å². The lowest BCUT2D eigenvalue weighted by Crippen LogP contribution is -2.44. The number of aromatic nitrogens is 1. The highest BCUT2D eigenvalue weighted by atomic mass is 16.5. The van der Waals surface area contributed by atoms with E-state index >= 15 is 0 Å². The Bertz CT molecular complexity index is 570. The van der Waals surface area contributed by atoms with E-state index < -0.39 is 0 Å². The zero-order chi connectivity index (χ0) is 16.9. The molecule has 0 N–H and O–H groups in total. The normalized spacial score (nSPS) is 17.5. The molecule has 0 saturated carbocycles. The van der Waals surface area contributed by atoms with Crippen molar-refractivity contribution in [2.45, 2.75) is 32.4 Å². The molecule has 1 fully saturated rings. The van der Waals surface area contributed by atoms with E-state index in [9.17, 15) is 4.79 Å². The van der Waals surface area contributed by atoms with E-state index in [-0.39, 0.29) is 6.03 Å². The summed E-state index contributed by atoms with van der Waals surface area (Å²) in [5.41, 5.74) is 3.65. The highest BCUT2D eigenvalue weighted by Crippen LogP contribution is 2.24. The van der Waals surface area contributed by atoms with Gasteiger partial charge in [-0.25, -0.2) is 4.79 Å². The van der Waals surface area contributed by atoms with Crippen LogP contribution in [0.2, 0.25) is 0 Å². The topological polar surface area (TPSA) is 48.9 Å². The lowest BCUT2D eigenvalue weighted by Gasteiger charge is -2.32. The Kier molecular flexibility index (Phi) is 5.68. The standard InChI is InChI=1S/C18H28N4O2/c1-20(2)9-10-24-14-16-12-19-11-15-13-22(8-5-17(15)16)18(23)21-6-3-4-7-21/h11-12H,3-10,13-14H2,1-2H3. The number of likely N-dealkylation sites (N-methyl/N-ethyl adjacent to an activating group) is 1. The molecule has 2 amide bonds. The number of rotatable bonds is 5. The predicted molar refractivity (Wildman–Crippen MR) is 92.8 cm³/mol. The molecule has 0 aromatic carbocycles. The molecule has 0 aliphatic carbocycles. The fourth-order valence-electron chi connectivity index (χ4n) is 3.39. The Hall–Kier alpha value is -1.66. The molecule has 0 unspecified atom stereocenters. The minimum atomic E-state index is 0.186. The molecular formula is C18H28N4O2. The summed E-state index contributed by atoms with van der Waals surface area (Å²) in [6.07, 6.45) is 6.97. The third kappa shape index (κ3) is 4.05. The van der Waals surface area contributed by atoms with E-state index in [4.69, 9.17) is 4.74 Å². The molecule has 0 radical (unpaired) electrons. The zero-order valence-corrected chi connectivity index (χ0v) is 14.8. The lowest BCUT2D eigenvalue weighted by molar-refractivity contribution is 0.104. The van der Waals surface area contributed by atoms with Crippen LogP contribution in [0.15, 0.2) is 12.4 Å². The largest absolute Gasteiger partial charge is 0.375 e. The van der Waals surface area contributed by atoms with E-state index in [0.717, 1.165) is 52.0 Å². The molecule has 3 rings (SSSR count). The second-order valence-corrected chi connectivity index (χ2v) is 6.94. The van der Waals surface area contributed by atoms with Gasteiger partial charge in [0.2, 0.25) is 0 Å². The number of fused-ring (bicyclic) bond motifs is 1. The van der Waals surface area contributed by atoms with Gasteiger partial charge in [-0.1, -0.05) is 0 Å². The first-order valence-electron chi connectivity index (χ1n) is 8.86. The Labute approximate surface area is 144 Å². The van der Waals surface area contributed by atoms with Gasteiger partial charge in [-0.2, -0.15) is 0 Å². The Morgan fingerprint density at radius 3 is 2.75 bits per heavy atom. The third-order valence-electron chi connectivity index (χ3n) is 4.82. The quantitative estimate of drug-likeness (QED) is 0.771. The maximum atomic E-state index is 12.6. The molecule has 0 atom stereocenters. The first-order valence-corrected chi connectivity index (χ1v) is 8.86. The maximum absolute atomic E-state index is 12.6. The molecule has 0 spiro atoms. The maximum Gasteiger partial charge on any atom is 0.320 e. The number of hydrogen-bond acceptors (Lipinski definition) is 4. The van der Waals surface area contributed by atoms with E-state index in [1.165, 1.54) is 16.7 Å². The summed E-state index contributed by atoms with van der Waals surface area (Å²) < 4.78 is 5.78. The van der Waals surface area contributed by atoms with Crippen LogP contribution >= 0.6 is 0 Å². The number of amides is 2. The van der Waals surface area contributed by atoms with Gasteiger partial charge in [0.05, 0.1) is 13.2 Å². The van der Waals surface area contributed by atoms with Crippen LogP contribution in [0, 0.1) is 0 Å². The van der Waals surface area contributed by atoms with Crippen molar-refractivity contribution in [2.24, 2.45) is 0 Å². The van der Waals surface area contributed by atoms with Crippen molar-refractivity contribution in [3.63, 3.8) is 0 Å². The van der Waals surface area contributed by atoms with Crippen LogP contribution < -0.4 is 0 Å². The Balaban J connectivity index is 1.60. The molecule has 1 aromatic rings. The molecule has 24 heavy (non-hydrogen) atoms. The number of urea groups is 1. The number of likely N-dealkylation sites (tertiary alicyclic amines) is 1. The number of pyridine rings is 1. The number of ether oxygens (including phenoxy) is 1. The molecule has 2 aliphatic heterocycles. The summed E-state index contributed by atoms with van der Waals surface area (Å²) in [4.78, 5) is 23.0. The average Bonchev–Trinajstić information content (AvgIpc) is 3.12. The van der Waals surface area contributed by atoms with E-state index in [1.54, 1.807) is 0 Å². The summed E-state index contributed by atoms with van der Waals surface area (Å²) in [5, 5.41) is 0. The van der Waals surface area contributed by atoms with Crippen LogP contribution in [-0.2, 0) is 24.3 Å². The predicted octanol–water partition coefficient (Wildman–Crippen LogP) is 1.73. The van der Waals surface area contributed by atoms with Crippen LogP contribution in [-0.4, -0.2) is 72.6 Å². The first-order chi connectivity index (χ1) is 11.6. The molecule has 132 valence electrons. The molecular weight excluding hydrogens is 304 g/mol. The van der Waals surface area contributed by atoms with Crippen molar-refractivity contribution in [1.29, 1.82) is 0 Å². The van der Waals surface area contributed by atoms with Crippen LogP contribution in [0.25, 0.3) is 0 Å². The van der Waals surface area contributed by atoms with Gasteiger partial charge in [0.15, 0.2) is 0 Å². The van der Waals surface area contributed by atoms with Crippen molar-refractivity contribution in [3.8, 4) is 0 Å². The Morgan fingerprint density at radius 1 is 1.21 bits per heavy atom. The van der Waals surface area contributed by atoms with E-state index in [2.05, 4.69) is 9.88 Å². The number of carbonyl (C=O) groups excluding carboxylic acids is 1. The molecule has 2 aliphatic rings. The van der Waals surface area contributed by atoms with Crippen LogP contribution in [0.5, 0.6) is 0 Å². The molecule has 6 nitrogen and oxygen atoms in total. The van der Waals surface area contributed by atoms with Crippen molar-refractivity contribution in [2.75, 3.05) is 46.9 Å². The van der Waals surface area contributed by atoms with Crippen molar-refractivity contribution >= 4 is 6.03 Å². The fraction of sp³-hybridized carbons (Fsp3) is 0.667. The second-order valence-electron chi connectivity index (χ2n) is 6.94. The number of carbonyl (C=O) groups is 1. The summed E-state index contributed by atoms with van der Waals surface area (Å²) in [7, 11) is 4.09. The highest BCUT2D eigenvalue weighted by molar-refractivity contribution is 5.75. The summed E-state index contributed by atoms with van der Waals surface area (Å²) in [6, 6.07) is 0.186. The van der Waals surface area contributed by atoms with Crippen LogP contribution in [0.4, 0.5) is 4.79 Å². The van der Waals surface area contributed by atoms with Crippen molar-refractivity contribution in [1.82, 2.24) is 19.7 Å². The van der Waals surface area contributed by atoms with Gasteiger partial charge < -0.3 is 19.4 Å². The molecule has 3 heterocycles. The van der Waals surface area contributed by atoms with Gasteiger partial charge in [0.25, 0.3) is 0 Å². The zero-order valence-electron chi connectivity index (χ0n) is 14.8. The molecule has 1 saturated heterocycles. The summed E-state index contributed by atoms with van der Waals surface area (Å²) in [6.45, 7) is 5.50. The SMILES string of the molecule is CN(C)CCOCc1cncc2c1CCN(C(=O)N1CCCC1)C2. The van der Waals surface area contributed by atoms with Gasteiger partial charge in [-0.05, 0) is 50.0 Å². The van der Waals surface area contributed by atoms with Crippen molar-refractivity contribution in [3.05, 3.63) is 29.1 Å². The van der Waals surface area contributed by atoms with Gasteiger partial charge in [0, 0.05) is 45.1 Å². The van der Waals surface area contributed by atoms with E-state index in [1.807, 2.05) is 36.3 Å². The summed E-state index contributed by atoms with van der Waals surface area (Å²) >= 11 is 0. The first kappa shape index (κ1) is 17.2. The summed E-state index contributed by atoms with van der Waals surface area (Å²) in [5.74, 6) is 0. The lowest BCUT2D eigenvalue weighted by atomic mass is 9.97. The Morgan fingerprint density at radius 2 is 2.00 bits per heavy atom. The number of hydrogen-bond donors (Lipinski definition) is 0. The van der Waals surface area contributed by atoms with Gasteiger partial charge in [0.1, 0.15) is 0 Å². The second kappa shape index (κ2) is 7.94. The highest BCUT2D eigenvalue weighted by Gasteiger charge is 2.27. The van der Waals surface area contributed by atoms with Crippen LogP contribution in [0.3, 0.4) is 0 Å². The minimum absolute atomic E-state index is 0.186. The average molecular weight is 332 g/mol.